The molecule has 1 aromatic heterocycles. The van der Waals surface area contributed by atoms with Gasteiger partial charge in [0.2, 0.25) is 5.91 Å². The fraction of sp³-hybridized carbons (Fsp3) is 0.208. The second-order valence-corrected chi connectivity index (χ2v) is 6.28. The van der Waals surface area contributed by atoms with Crippen molar-refractivity contribution in [2.24, 2.45) is 0 Å². The molecule has 33 heavy (non-hydrogen) atoms. The summed E-state index contributed by atoms with van der Waals surface area (Å²) in [6, 6.07) is -3.93. The third-order valence-electron chi connectivity index (χ3n) is 3.74. The molecule has 0 aliphatic rings. The highest BCUT2D eigenvalue weighted by atomic mass is 35.5. The molecule has 9 heteroatoms. The summed E-state index contributed by atoms with van der Waals surface area (Å²) < 4.78 is 139. The fourth-order valence-electron chi connectivity index (χ4n) is 2.45. The zero-order valence-corrected chi connectivity index (χ0v) is 17.5. The summed E-state index contributed by atoms with van der Waals surface area (Å²) in [6.45, 7) is -9.24. The van der Waals surface area contributed by atoms with Gasteiger partial charge in [-0.25, -0.2) is 4.39 Å². The standard InChI is InChI=1S/C24H23ClFN5O2/c1-4-33-22-12-20-17(11-21(22)30-23(32)6-5-9-31(2)3)24(15(13-27)14-28-20)29-16-7-8-19(26)18(25)10-16/h5-8,10-12,14H,4,9H2,1-3H3,(H,28,29)(H,30,32)/b6-5+/i2D3,3D3,6D,7D,8D,9D2,10D,11D,12D,14D. The number of rotatable bonds is 8. The molecule has 0 radical (unpaired) electrons. The van der Waals surface area contributed by atoms with Crippen LogP contribution in [0, 0.1) is 17.1 Å². The molecule has 2 N–H and O–H groups in total. The van der Waals surface area contributed by atoms with Gasteiger partial charge in [-0.05, 0) is 45.0 Å². The highest BCUT2D eigenvalue weighted by molar-refractivity contribution is 6.31. The number of benzene rings is 2. The van der Waals surface area contributed by atoms with Gasteiger partial charge in [0.15, 0.2) is 0 Å². The molecule has 170 valence electrons. The minimum absolute atomic E-state index is 0.102. The Morgan fingerprint density at radius 3 is 3.03 bits per heavy atom. The summed E-state index contributed by atoms with van der Waals surface area (Å²) in [4.78, 5) is 16.5. The Labute approximate surface area is 217 Å². The van der Waals surface area contributed by atoms with Crippen molar-refractivity contribution in [3.05, 3.63) is 64.9 Å². The van der Waals surface area contributed by atoms with Crippen LogP contribution in [0.4, 0.5) is 21.5 Å². The molecule has 0 atom stereocenters. The van der Waals surface area contributed by atoms with Gasteiger partial charge in [0.25, 0.3) is 0 Å². The molecule has 1 amide bonds. The maximum Gasteiger partial charge on any atom is 0.248 e. The number of ether oxygens (including phenoxy) is 1. The zero-order valence-electron chi connectivity index (χ0n) is 31.7. The molecule has 2 aromatic carbocycles. The summed E-state index contributed by atoms with van der Waals surface area (Å²) in [5.41, 5.74) is -2.95. The third-order valence-corrected chi connectivity index (χ3v) is 4.00. The lowest BCUT2D eigenvalue weighted by Gasteiger charge is -2.16. The number of nitrogens with zero attached hydrogens (tertiary/aromatic N) is 3. The van der Waals surface area contributed by atoms with Crippen LogP contribution >= 0.6 is 11.6 Å². The average molecular weight is 483 g/mol. The highest BCUT2D eigenvalue weighted by Crippen LogP contribution is 2.36. The van der Waals surface area contributed by atoms with Gasteiger partial charge in [0, 0.05) is 46.8 Å². The molecule has 0 spiro atoms. The number of anilines is 3. The minimum atomic E-state index is -3.55. The van der Waals surface area contributed by atoms with Gasteiger partial charge in [-0.2, -0.15) is 5.26 Å². The van der Waals surface area contributed by atoms with Crippen molar-refractivity contribution in [2.75, 3.05) is 37.7 Å². The van der Waals surface area contributed by atoms with E-state index < -0.39 is 124 Å². The maximum absolute atomic E-state index is 14.3. The number of hydrogen-bond donors (Lipinski definition) is 2. The molecule has 3 aromatic rings. The second kappa shape index (κ2) is 10.8. The number of nitriles is 1. The molecule has 0 aliphatic heterocycles. The van der Waals surface area contributed by atoms with E-state index in [0.717, 1.165) is 0 Å². The fourth-order valence-corrected chi connectivity index (χ4v) is 2.59. The van der Waals surface area contributed by atoms with E-state index in [-0.39, 0.29) is 12.7 Å². The first kappa shape index (κ1) is 11.0. The topological polar surface area (TPSA) is 90.3 Å². The molecule has 3 rings (SSSR count). The number of aromatic nitrogens is 1. The Morgan fingerprint density at radius 2 is 2.30 bits per heavy atom. The lowest BCUT2D eigenvalue weighted by molar-refractivity contribution is -0.111. The van der Waals surface area contributed by atoms with E-state index in [2.05, 4.69) is 15.6 Å². The number of fused-ring (bicyclic) bond motifs is 1. The Hall–Kier alpha value is -3.67. The average Bonchev–Trinajstić information content (AvgIpc) is 2.95. The first-order chi connectivity index (χ1) is 21.9. The predicted molar refractivity (Wildman–Crippen MR) is 129 cm³/mol. The lowest BCUT2D eigenvalue weighted by Crippen LogP contribution is -2.13. The number of hydrogen-bond acceptors (Lipinski definition) is 6. The van der Waals surface area contributed by atoms with Crippen molar-refractivity contribution < 1.29 is 34.5 Å². The van der Waals surface area contributed by atoms with Gasteiger partial charge in [-0.3, -0.25) is 9.78 Å². The smallest absolute Gasteiger partial charge is 0.248 e. The van der Waals surface area contributed by atoms with E-state index in [1.165, 1.54) is 6.92 Å². The number of carbonyl (C=O) groups is 1. The maximum atomic E-state index is 14.3. The van der Waals surface area contributed by atoms with Crippen molar-refractivity contribution in [3.8, 4) is 11.8 Å². The van der Waals surface area contributed by atoms with Crippen LogP contribution in [0.1, 0.15) is 33.0 Å². The molecule has 0 fully saturated rings. The lowest BCUT2D eigenvalue weighted by atomic mass is 10.1. The molecule has 0 bridgehead atoms. The van der Waals surface area contributed by atoms with Crippen LogP contribution in [-0.2, 0) is 4.79 Å². The monoisotopic (exact) mass is 482 g/mol. The van der Waals surface area contributed by atoms with E-state index >= 15 is 0 Å². The number of likely N-dealkylation sites (N-methyl/N-ethyl adjacent to an activating group) is 1. The van der Waals surface area contributed by atoms with E-state index in [4.69, 9.17) is 36.9 Å². The number of carbonyl (C=O) groups excluding carboxylic acids is 1. The normalized spacial score (nSPS) is 19.1. The number of pyridine rings is 1. The van der Waals surface area contributed by atoms with Gasteiger partial charge in [-0.15, -0.1) is 0 Å². The predicted octanol–water partition coefficient (Wildman–Crippen LogP) is 5.10. The van der Waals surface area contributed by atoms with Crippen molar-refractivity contribution >= 4 is 45.5 Å². The molecule has 0 saturated heterocycles. The van der Waals surface area contributed by atoms with E-state index in [9.17, 15) is 14.4 Å². The molecule has 0 saturated carbocycles. The second-order valence-electron chi connectivity index (χ2n) is 5.91. The highest BCUT2D eigenvalue weighted by Gasteiger charge is 2.15. The largest absolute Gasteiger partial charge is 0.492 e. The van der Waals surface area contributed by atoms with Crippen molar-refractivity contribution in [1.82, 2.24) is 9.88 Å². The number of halogens is 2. The van der Waals surface area contributed by atoms with Crippen molar-refractivity contribution in [1.29, 1.82) is 5.26 Å². The molecular formula is C24H23ClFN5O2. The Morgan fingerprint density at radius 1 is 1.48 bits per heavy atom. The van der Waals surface area contributed by atoms with Crippen LogP contribution in [0.3, 0.4) is 0 Å². The molecular weight excluding hydrogens is 445 g/mol. The van der Waals surface area contributed by atoms with Crippen molar-refractivity contribution in [3.63, 3.8) is 0 Å². The minimum Gasteiger partial charge on any atom is -0.492 e. The Balaban J connectivity index is 2.34. The van der Waals surface area contributed by atoms with Gasteiger partial charge < -0.3 is 20.3 Å². The first-order valence-electron chi connectivity index (χ1n) is 16.5. The Kier molecular flexibility index (Phi) is 3.58. The summed E-state index contributed by atoms with van der Waals surface area (Å²) in [6.07, 6.45) is -0.659. The first-order valence-corrected chi connectivity index (χ1v) is 9.33. The molecule has 7 nitrogen and oxygen atoms in total. The number of nitrogens with one attached hydrogen (secondary N) is 2. The van der Waals surface area contributed by atoms with Gasteiger partial charge in [-0.1, -0.05) is 17.7 Å². The quantitative estimate of drug-likeness (QED) is 0.434. The van der Waals surface area contributed by atoms with Crippen LogP contribution < -0.4 is 15.4 Å². The van der Waals surface area contributed by atoms with Gasteiger partial charge >= 0.3 is 0 Å². The number of amides is 1. The summed E-state index contributed by atoms with van der Waals surface area (Å²) in [5.74, 6) is -3.47. The van der Waals surface area contributed by atoms with Crippen LogP contribution in [0.5, 0.6) is 5.75 Å². The SMILES string of the molecule is [2H]/C(=C\C([2H])([2H])N(C([2H])([2H])[2H])C([2H])([2H])[2H])C(=O)Nc1c(OCC)c([2H])c2nc([2H])c(C#N)c(Nc3c([2H])c([2H])c(F)c(Cl)c3[2H])c2c1[2H]. The summed E-state index contributed by atoms with van der Waals surface area (Å²) in [5, 5.41) is 13.0. The zero-order chi connectivity index (χ0) is 36.8. The Bertz CT molecular complexity index is 1850. The van der Waals surface area contributed by atoms with Crippen LogP contribution in [0.25, 0.3) is 10.9 Å². The van der Waals surface area contributed by atoms with Gasteiger partial charge in [0.1, 0.15) is 17.6 Å². The summed E-state index contributed by atoms with van der Waals surface area (Å²) in [7, 11) is 0. The van der Waals surface area contributed by atoms with Crippen LogP contribution in [0.15, 0.2) is 48.5 Å². The molecule has 0 unspecified atom stereocenters. The third kappa shape index (κ3) is 5.98. The van der Waals surface area contributed by atoms with Gasteiger partial charge in [0.05, 0.1) is 43.7 Å². The molecule has 0 aliphatic carbocycles. The van der Waals surface area contributed by atoms with E-state index in [1.807, 2.05) is 0 Å². The van der Waals surface area contributed by atoms with Crippen LogP contribution in [0.2, 0.25) is 5.02 Å². The van der Waals surface area contributed by atoms with Crippen molar-refractivity contribution in [2.45, 2.75) is 6.92 Å². The van der Waals surface area contributed by atoms with E-state index in [1.54, 1.807) is 6.07 Å². The summed E-state index contributed by atoms with van der Waals surface area (Å²) >= 11 is 5.82. The van der Waals surface area contributed by atoms with Crippen LogP contribution in [-0.4, -0.2) is 42.8 Å². The van der Waals surface area contributed by atoms with E-state index in [0.29, 0.717) is 0 Å². The molecule has 1 heterocycles.